The molecule has 1 fully saturated rings. The Morgan fingerprint density at radius 2 is 2.00 bits per heavy atom. The normalized spacial score (nSPS) is 20.1. The van der Waals surface area contributed by atoms with Crippen LogP contribution in [0.2, 0.25) is 0 Å². The Kier molecular flexibility index (Phi) is 6.23. The van der Waals surface area contributed by atoms with E-state index in [9.17, 15) is 14.4 Å². The Balaban J connectivity index is 2.48. The maximum absolute atomic E-state index is 11.6. The number of hydrogen-bond acceptors (Lipinski definition) is 6. The summed E-state index contributed by atoms with van der Waals surface area (Å²) in [5.74, 6) is -0.770. The number of nitrogens with one attached hydrogen (secondary N) is 2. The summed E-state index contributed by atoms with van der Waals surface area (Å²) in [7, 11) is 2.59. The van der Waals surface area contributed by atoms with E-state index in [-0.39, 0.29) is 11.9 Å². The highest BCUT2D eigenvalue weighted by Crippen LogP contribution is 2.10. The van der Waals surface area contributed by atoms with Gasteiger partial charge in [-0.15, -0.1) is 0 Å². The third-order valence-electron chi connectivity index (χ3n) is 3.08. The topological polar surface area (TPSA) is 97.0 Å². The number of methoxy groups -OCH3 is 2. The van der Waals surface area contributed by atoms with Gasteiger partial charge in [0.05, 0.1) is 14.2 Å². The van der Waals surface area contributed by atoms with Crippen molar-refractivity contribution < 1.29 is 23.9 Å². The van der Waals surface area contributed by atoms with Crippen LogP contribution < -0.4 is 10.6 Å². The van der Waals surface area contributed by atoms with Crippen molar-refractivity contribution in [3.05, 3.63) is 0 Å². The van der Waals surface area contributed by atoms with Gasteiger partial charge in [-0.3, -0.25) is 9.69 Å². The average Bonchev–Trinajstić information content (AvgIpc) is 2.83. The number of amides is 2. The number of carbonyl (C=O) groups is 3. The van der Waals surface area contributed by atoms with Crippen molar-refractivity contribution in [1.82, 2.24) is 15.5 Å². The van der Waals surface area contributed by atoms with Crippen LogP contribution in [0.5, 0.6) is 0 Å². The fourth-order valence-corrected chi connectivity index (χ4v) is 2.17. The van der Waals surface area contributed by atoms with Crippen LogP contribution >= 0.6 is 0 Å². The molecule has 2 amide bonds. The number of carbonyl (C=O) groups excluding carboxylic acids is 3. The molecule has 0 spiro atoms. The van der Waals surface area contributed by atoms with E-state index in [0.717, 1.165) is 13.0 Å². The van der Waals surface area contributed by atoms with Gasteiger partial charge in [-0.25, -0.2) is 9.59 Å². The van der Waals surface area contributed by atoms with Gasteiger partial charge in [-0.1, -0.05) is 0 Å². The summed E-state index contributed by atoms with van der Waals surface area (Å²) < 4.78 is 9.20. The molecule has 0 aromatic carbocycles. The van der Waals surface area contributed by atoms with Crippen LogP contribution in [0.3, 0.4) is 0 Å². The maximum atomic E-state index is 11.6. The zero-order valence-corrected chi connectivity index (χ0v) is 12.0. The van der Waals surface area contributed by atoms with Gasteiger partial charge >= 0.3 is 12.1 Å². The summed E-state index contributed by atoms with van der Waals surface area (Å²) in [4.78, 5) is 35.8. The predicted octanol–water partition coefficient (Wildman–Crippen LogP) is -0.906. The van der Waals surface area contributed by atoms with E-state index in [1.165, 1.54) is 21.1 Å². The van der Waals surface area contributed by atoms with E-state index >= 15 is 0 Å². The van der Waals surface area contributed by atoms with Gasteiger partial charge in [0, 0.05) is 32.6 Å². The molecule has 1 aliphatic heterocycles. The van der Waals surface area contributed by atoms with Crippen LogP contribution in [-0.4, -0.2) is 68.8 Å². The third-order valence-corrected chi connectivity index (χ3v) is 3.08. The molecule has 20 heavy (non-hydrogen) atoms. The van der Waals surface area contributed by atoms with E-state index in [0.29, 0.717) is 13.1 Å². The molecule has 2 unspecified atom stereocenters. The number of nitrogens with zero attached hydrogens (tertiary/aromatic N) is 1. The van der Waals surface area contributed by atoms with Crippen molar-refractivity contribution in [1.29, 1.82) is 0 Å². The molecular formula is C12H21N3O5. The highest BCUT2D eigenvalue weighted by Gasteiger charge is 2.29. The molecule has 1 heterocycles. The van der Waals surface area contributed by atoms with E-state index in [1.54, 1.807) is 0 Å². The van der Waals surface area contributed by atoms with Gasteiger partial charge in [0.1, 0.15) is 6.04 Å². The fourth-order valence-electron chi connectivity index (χ4n) is 2.17. The van der Waals surface area contributed by atoms with Crippen molar-refractivity contribution in [2.45, 2.75) is 25.4 Å². The van der Waals surface area contributed by atoms with E-state index < -0.39 is 18.1 Å². The van der Waals surface area contributed by atoms with Crippen molar-refractivity contribution >= 4 is 18.0 Å². The summed E-state index contributed by atoms with van der Waals surface area (Å²) in [6, 6.07) is -0.715. The number of ether oxygens (including phenoxy) is 2. The van der Waals surface area contributed by atoms with Crippen LogP contribution in [0.1, 0.15) is 13.3 Å². The first-order chi connectivity index (χ1) is 9.46. The SMILES string of the molecule is COC(=O)NC1CCN(CC(NC(C)=O)C(=O)OC)C1. The number of hydrogen-bond donors (Lipinski definition) is 2. The summed E-state index contributed by atoms with van der Waals surface area (Å²) >= 11 is 0. The molecule has 8 heteroatoms. The van der Waals surface area contributed by atoms with E-state index in [4.69, 9.17) is 0 Å². The number of likely N-dealkylation sites (tertiary alicyclic amines) is 1. The number of alkyl carbamates (subject to hydrolysis) is 1. The summed E-state index contributed by atoms with van der Waals surface area (Å²) in [5.41, 5.74) is 0. The predicted molar refractivity (Wildman–Crippen MR) is 70.0 cm³/mol. The van der Waals surface area contributed by atoms with E-state index in [2.05, 4.69) is 20.1 Å². The van der Waals surface area contributed by atoms with Crippen LogP contribution in [0.15, 0.2) is 0 Å². The highest BCUT2D eigenvalue weighted by molar-refractivity contribution is 5.83. The molecule has 0 aliphatic carbocycles. The molecule has 8 nitrogen and oxygen atoms in total. The molecule has 1 aliphatic rings. The smallest absolute Gasteiger partial charge is 0.407 e. The zero-order valence-electron chi connectivity index (χ0n) is 12.0. The van der Waals surface area contributed by atoms with Gasteiger partial charge in [0.15, 0.2) is 0 Å². The Labute approximate surface area is 117 Å². The molecule has 114 valence electrons. The van der Waals surface area contributed by atoms with Crippen molar-refractivity contribution in [2.75, 3.05) is 33.9 Å². The second-order valence-corrected chi connectivity index (χ2v) is 4.66. The standard InChI is InChI=1S/C12H21N3O5/c1-8(16)13-10(11(17)19-2)7-15-5-4-9(6-15)14-12(18)20-3/h9-10H,4-7H2,1-3H3,(H,13,16)(H,14,18). The van der Waals surface area contributed by atoms with Gasteiger partial charge in [-0.2, -0.15) is 0 Å². The Bertz CT molecular complexity index is 374. The van der Waals surface area contributed by atoms with Gasteiger partial charge in [0.2, 0.25) is 5.91 Å². The van der Waals surface area contributed by atoms with E-state index in [1.807, 2.05) is 4.90 Å². The lowest BCUT2D eigenvalue weighted by atomic mass is 10.2. The first-order valence-electron chi connectivity index (χ1n) is 6.38. The molecule has 1 saturated heterocycles. The second-order valence-electron chi connectivity index (χ2n) is 4.66. The van der Waals surface area contributed by atoms with Gasteiger partial charge < -0.3 is 20.1 Å². The van der Waals surface area contributed by atoms with Gasteiger partial charge in [0.25, 0.3) is 0 Å². The Morgan fingerprint density at radius 1 is 1.30 bits per heavy atom. The number of esters is 1. The Hall–Kier alpha value is -1.83. The molecular weight excluding hydrogens is 266 g/mol. The lowest BCUT2D eigenvalue weighted by Crippen LogP contribution is -2.48. The van der Waals surface area contributed by atoms with Crippen LogP contribution in [0, 0.1) is 0 Å². The summed E-state index contributed by atoms with van der Waals surface area (Å²) in [5, 5.41) is 5.27. The third kappa shape index (κ3) is 5.04. The monoisotopic (exact) mass is 287 g/mol. The number of rotatable bonds is 5. The molecule has 0 aromatic rings. The minimum absolute atomic E-state index is 0.0157. The Morgan fingerprint density at radius 3 is 2.55 bits per heavy atom. The van der Waals surface area contributed by atoms with Crippen LogP contribution in [0.4, 0.5) is 4.79 Å². The van der Waals surface area contributed by atoms with Crippen molar-refractivity contribution in [3.8, 4) is 0 Å². The molecule has 0 bridgehead atoms. The largest absolute Gasteiger partial charge is 0.467 e. The molecule has 0 radical (unpaired) electrons. The van der Waals surface area contributed by atoms with Crippen molar-refractivity contribution in [3.63, 3.8) is 0 Å². The fraction of sp³-hybridized carbons (Fsp3) is 0.750. The minimum Gasteiger partial charge on any atom is -0.467 e. The van der Waals surface area contributed by atoms with Crippen LogP contribution in [0.25, 0.3) is 0 Å². The maximum Gasteiger partial charge on any atom is 0.407 e. The lowest BCUT2D eigenvalue weighted by Gasteiger charge is -2.22. The highest BCUT2D eigenvalue weighted by atomic mass is 16.5. The summed E-state index contributed by atoms with van der Waals surface area (Å²) in [6.07, 6.45) is 0.298. The molecule has 1 rings (SSSR count). The van der Waals surface area contributed by atoms with Gasteiger partial charge in [-0.05, 0) is 6.42 Å². The average molecular weight is 287 g/mol. The molecule has 0 saturated carbocycles. The quantitative estimate of drug-likeness (QED) is 0.636. The molecule has 2 N–H and O–H groups in total. The zero-order chi connectivity index (χ0) is 15.1. The van der Waals surface area contributed by atoms with Crippen LogP contribution in [-0.2, 0) is 19.1 Å². The van der Waals surface area contributed by atoms with Crippen molar-refractivity contribution in [2.24, 2.45) is 0 Å². The molecule has 2 atom stereocenters. The first-order valence-corrected chi connectivity index (χ1v) is 6.38. The lowest BCUT2D eigenvalue weighted by molar-refractivity contribution is -0.145. The first kappa shape index (κ1) is 16.2. The molecule has 0 aromatic heterocycles. The minimum atomic E-state index is -0.700. The second kappa shape index (κ2) is 7.68. The summed E-state index contributed by atoms with van der Waals surface area (Å²) in [6.45, 7) is 3.02.